The quantitative estimate of drug-likeness (QED) is 0.636. The molecule has 1 aromatic carbocycles. The van der Waals surface area contributed by atoms with E-state index in [0.29, 0.717) is 0 Å². The van der Waals surface area contributed by atoms with Crippen molar-refractivity contribution in [3.63, 3.8) is 0 Å². The Hall–Kier alpha value is -1.35. The molecular formula is C17H26NO2+. The summed E-state index contributed by atoms with van der Waals surface area (Å²) in [5.41, 5.74) is 0.720. The zero-order valence-corrected chi connectivity index (χ0v) is 12.7. The molecule has 1 aromatic rings. The van der Waals surface area contributed by atoms with E-state index in [2.05, 4.69) is 6.92 Å². The van der Waals surface area contributed by atoms with Gasteiger partial charge in [0.05, 0.1) is 26.2 Å². The second kappa shape index (κ2) is 7.44. The van der Waals surface area contributed by atoms with Crippen LogP contribution in [0.4, 0.5) is 0 Å². The van der Waals surface area contributed by atoms with Gasteiger partial charge in [0.25, 0.3) is 0 Å². The monoisotopic (exact) mass is 276 g/mol. The smallest absolute Gasteiger partial charge is 0.159 e. The molecule has 110 valence electrons. The number of ketones is 1. The molecule has 1 heterocycles. The standard InChI is InChI=1S/C17H25NO2/c1-14-6-4-9-18(13-14)10-5-11-20-17-8-3-7-16(12-17)15(2)19/h3,7-8,12,14H,4-6,9-11,13H2,1-2H3/p+1/t14-/m0/s1. The molecule has 1 N–H and O–H groups in total. The van der Waals surface area contributed by atoms with Crippen molar-refractivity contribution in [2.24, 2.45) is 5.92 Å². The van der Waals surface area contributed by atoms with Crippen LogP contribution in [0.2, 0.25) is 0 Å². The van der Waals surface area contributed by atoms with Gasteiger partial charge in [-0.3, -0.25) is 4.79 Å². The Morgan fingerprint density at radius 2 is 2.30 bits per heavy atom. The number of hydrogen-bond donors (Lipinski definition) is 1. The van der Waals surface area contributed by atoms with Crippen molar-refractivity contribution in [1.29, 1.82) is 0 Å². The topological polar surface area (TPSA) is 30.7 Å². The third-order valence-corrected chi connectivity index (χ3v) is 4.05. The molecule has 1 fully saturated rings. The second-order valence-corrected chi connectivity index (χ2v) is 5.99. The highest BCUT2D eigenvalue weighted by Crippen LogP contribution is 2.13. The first kappa shape index (κ1) is 15.0. The molecule has 20 heavy (non-hydrogen) atoms. The Morgan fingerprint density at radius 3 is 3.05 bits per heavy atom. The number of ether oxygens (including phenoxy) is 1. The van der Waals surface area contributed by atoms with E-state index in [1.54, 1.807) is 11.8 Å². The molecular weight excluding hydrogens is 250 g/mol. The van der Waals surface area contributed by atoms with E-state index in [0.717, 1.165) is 30.3 Å². The predicted molar refractivity (Wildman–Crippen MR) is 80.5 cm³/mol. The molecule has 1 aliphatic heterocycles. The van der Waals surface area contributed by atoms with E-state index in [9.17, 15) is 4.79 Å². The van der Waals surface area contributed by atoms with Crippen molar-refractivity contribution in [2.75, 3.05) is 26.2 Å². The van der Waals surface area contributed by atoms with E-state index < -0.39 is 0 Å². The van der Waals surface area contributed by atoms with Gasteiger partial charge in [-0.25, -0.2) is 0 Å². The van der Waals surface area contributed by atoms with Gasteiger partial charge in [0.15, 0.2) is 5.78 Å². The summed E-state index contributed by atoms with van der Waals surface area (Å²) in [4.78, 5) is 13.0. The molecule has 0 saturated carbocycles. The molecule has 2 rings (SSSR count). The molecule has 0 amide bonds. The van der Waals surface area contributed by atoms with E-state index in [1.807, 2.05) is 24.3 Å². The Kier molecular flexibility index (Phi) is 5.60. The number of nitrogens with one attached hydrogen (secondary N) is 1. The SMILES string of the molecule is CC(=O)c1cccc(OCCC[NH+]2CCC[C@H](C)C2)c1. The lowest BCUT2D eigenvalue weighted by Gasteiger charge is -2.27. The maximum atomic E-state index is 11.3. The number of hydrogen-bond acceptors (Lipinski definition) is 2. The van der Waals surface area contributed by atoms with Crippen LogP contribution >= 0.6 is 0 Å². The second-order valence-electron chi connectivity index (χ2n) is 5.99. The molecule has 0 spiro atoms. The van der Waals surface area contributed by atoms with Crippen LogP contribution in [-0.2, 0) is 0 Å². The van der Waals surface area contributed by atoms with Gasteiger partial charge in [-0.1, -0.05) is 19.1 Å². The molecule has 3 heteroatoms. The van der Waals surface area contributed by atoms with Gasteiger partial charge in [0.2, 0.25) is 0 Å². The molecule has 1 saturated heterocycles. The summed E-state index contributed by atoms with van der Waals surface area (Å²) in [6, 6.07) is 7.46. The number of rotatable bonds is 6. The van der Waals surface area contributed by atoms with E-state index in [1.165, 1.54) is 32.5 Å². The first-order chi connectivity index (χ1) is 9.65. The zero-order chi connectivity index (χ0) is 14.4. The lowest BCUT2D eigenvalue weighted by molar-refractivity contribution is -0.908. The summed E-state index contributed by atoms with van der Waals surface area (Å²) < 4.78 is 5.75. The number of carbonyl (C=O) groups is 1. The maximum Gasteiger partial charge on any atom is 0.159 e. The largest absolute Gasteiger partial charge is 0.493 e. The normalized spacial score (nSPS) is 22.5. The molecule has 0 aromatic heterocycles. The van der Waals surface area contributed by atoms with Crippen LogP contribution in [0.5, 0.6) is 5.75 Å². The lowest BCUT2D eigenvalue weighted by Crippen LogP contribution is -3.13. The molecule has 3 nitrogen and oxygen atoms in total. The van der Waals surface area contributed by atoms with Crippen LogP contribution in [0.25, 0.3) is 0 Å². The predicted octanol–water partition coefficient (Wildman–Crippen LogP) is 1.97. The maximum absolute atomic E-state index is 11.3. The fourth-order valence-corrected chi connectivity index (χ4v) is 2.94. The number of quaternary nitrogens is 1. The fourth-order valence-electron chi connectivity index (χ4n) is 2.94. The van der Waals surface area contributed by atoms with Gasteiger partial charge in [-0.05, 0) is 31.9 Å². The lowest BCUT2D eigenvalue weighted by atomic mass is 10.0. The molecule has 1 aliphatic rings. The van der Waals surface area contributed by atoms with Crippen LogP contribution in [0.3, 0.4) is 0 Å². The molecule has 0 radical (unpaired) electrons. The fraction of sp³-hybridized carbons (Fsp3) is 0.588. The summed E-state index contributed by atoms with van der Waals surface area (Å²) in [5, 5.41) is 0. The van der Waals surface area contributed by atoms with Crippen LogP contribution in [0.15, 0.2) is 24.3 Å². The minimum Gasteiger partial charge on any atom is -0.493 e. The Balaban J connectivity index is 1.70. The molecule has 0 bridgehead atoms. The summed E-state index contributed by atoms with van der Waals surface area (Å²) >= 11 is 0. The van der Waals surface area contributed by atoms with Crippen LogP contribution in [0.1, 0.15) is 43.5 Å². The minimum atomic E-state index is 0.0854. The van der Waals surface area contributed by atoms with E-state index in [4.69, 9.17) is 4.74 Å². The van der Waals surface area contributed by atoms with Gasteiger partial charge >= 0.3 is 0 Å². The van der Waals surface area contributed by atoms with Crippen LogP contribution in [0, 0.1) is 5.92 Å². The molecule has 2 atom stereocenters. The Labute approximate surface area is 121 Å². The third-order valence-electron chi connectivity index (χ3n) is 4.05. The Morgan fingerprint density at radius 1 is 1.45 bits per heavy atom. The number of piperidine rings is 1. The van der Waals surface area contributed by atoms with Crippen molar-refractivity contribution in [2.45, 2.75) is 33.1 Å². The van der Waals surface area contributed by atoms with Crippen LogP contribution < -0.4 is 9.64 Å². The van der Waals surface area contributed by atoms with Crippen LogP contribution in [-0.4, -0.2) is 32.0 Å². The minimum absolute atomic E-state index is 0.0854. The third kappa shape index (κ3) is 4.64. The van der Waals surface area contributed by atoms with Gasteiger partial charge in [0.1, 0.15) is 5.75 Å². The first-order valence-electron chi connectivity index (χ1n) is 7.72. The highest BCUT2D eigenvalue weighted by Gasteiger charge is 2.18. The van der Waals surface area contributed by atoms with E-state index >= 15 is 0 Å². The highest BCUT2D eigenvalue weighted by molar-refractivity contribution is 5.94. The number of Topliss-reactive ketones (excluding diaryl/α,β-unsaturated/α-hetero) is 1. The summed E-state index contributed by atoms with van der Waals surface area (Å²) in [7, 11) is 0. The average molecular weight is 276 g/mol. The molecule has 0 aliphatic carbocycles. The summed E-state index contributed by atoms with van der Waals surface area (Å²) in [6.07, 6.45) is 3.82. The van der Waals surface area contributed by atoms with Crippen molar-refractivity contribution in [3.8, 4) is 5.75 Å². The summed E-state index contributed by atoms with van der Waals surface area (Å²) in [6.45, 7) is 8.48. The highest BCUT2D eigenvalue weighted by atomic mass is 16.5. The first-order valence-corrected chi connectivity index (χ1v) is 7.72. The van der Waals surface area contributed by atoms with Crippen molar-refractivity contribution in [3.05, 3.63) is 29.8 Å². The van der Waals surface area contributed by atoms with Crippen molar-refractivity contribution < 1.29 is 14.4 Å². The van der Waals surface area contributed by atoms with Gasteiger partial charge in [0, 0.05) is 17.9 Å². The molecule has 1 unspecified atom stereocenters. The van der Waals surface area contributed by atoms with Crippen molar-refractivity contribution in [1.82, 2.24) is 0 Å². The Bertz CT molecular complexity index is 444. The number of benzene rings is 1. The van der Waals surface area contributed by atoms with E-state index in [-0.39, 0.29) is 5.78 Å². The van der Waals surface area contributed by atoms with Gasteiger partial charge in [-0.2, -0.15) is 0 Å². The van der Waals surface area contributed by atoms with Gasteiger partial charge in [-0.15, -0.1) is 0 Å². The van der Waals surface area contributed by atoms with Gasteiger partial charge < -0.3 is 9.64 Å². The van der Waals surface area contributed by atoms with Crippen molar-refractivity contribution >= 4 is 5.78 Å². The number of likely N-dealkylation sites (tertiary alicyclic amines) is 1. The average Bonchev–Trinajstić information content (AvgIpc) is 2.44. The zero-order valence-electron chi connectivity index (χ0n) is 12.7. The number of carbonyl (C=O) groups excluding carboxylic acids is 1. The summed E-state index contributed by atoms with van der Waals surface area (Å²) in [5.74, 6) is 1.76.